The fraction of sp³-hybridized carbons (Fsp3) is 0.118. The van der Waals surface area contributed by atoms with Crippen LogP contribution >= 0.6 is 0 Å². The molecule has 0 heterocycles. The van der Waals surface area contributed by atoms with Gasteiger partial charge in [-0.3, -0.25) is 14.9 Å². The zero-order valence-electron chi connectivity index (χ0n) is 12.1. The van der Waals surface area contributed by atoms with Crippen molar-refractivity contribution < 1.29 is 14.5 Å². The summed E-state index contributed by atoms with van der Waals surface area (Å²) >= 11 is 0. The second-order valence-corrected chi connectivity index (χ2v) is 4.57. The number of allylic oxidation sites excluding steroid dienone is 2. The minimum atomic E-state index is -0.572. The van der Waals surface area contributed by atoms with E-state index in [1.165, 1.54) is 24.3 Å². The molecule has 0 aromatic heterocycles. The monoisotopic (exact) mass is 297 g/mol. The highest BCUT2D eigenvalue weighted by Gasteiger charge is 2.19. The zero-order valence-corrected chi connectivity index (χ0v) is 12.1. The summed E-state index contributed by atoms with van der Waals surface area (Å²) in [7, 11) is 0. The van der Waals surface area contributed by atoms with Crippen LogP contribution in [0.3, 0.4) is 0 Å². The largest absolute Gasteiger partial charge is 0.489 e. The Hall–Kier alpha value is -2.95. The molecule has 0 aliphatic rings. The van der Waals surface area contributed by atoms with Crippen molar-refractivity contribution in [3.8, 4) is 5.75 Å². The topological polar surface area (TPSA) is 69.4 Å². The molecule has 0 N–H and O–H groups in total. The Bertz CT molecular complexity index is 708. The van der Waals surface area contributed by atoms with Gasteiger partial charge in [-0.1, -0.05) is 36.4 Å². The molecular weight excluding hydrogens is 282 g/mol. The van der Waals surface area contributed by atoms with Crippen LogP contribution < -0.4 is 4.74 Å². The lowest BCUT2D eigenvalue weighted by Crippen LogP contribution is -2.03. The third-order valence-corrected chi connectivity index (χ3v) is 3.00. The number of carbonyl (C=O) groups is 1. The highest BCUT2D eigenvalue weighted by molar-refractivity contribution is 6.07. The van der Waals surface area contributed by atoms with Gasteiger partial charge in [0.15, 0.2) is 5.78 Å². The first-order valence-electron chi connectivity index (χ1n) is 6.74. The Balaban J connectivity index is 2.24. The summed E-state index contributed by atoms with van der Waals surface area (Å²) in [5.41, 5.74) is 0.769. The Morgan fingerprint density at radius 2 is 1.95 bits per heavy atom. The Morgan fingerprint density at radius 1 is 1.23 bits per heavy atom. The van der Waals surface area contributed by atoms with Crippen LogP contribution in [0.5, 0.6) is 5.75 Å². The van der Waals surface area contributed by atoms with Crippen LogP contribution in [0.15, 0.2) is 60.7 Å². The van der Waals surface area contributed by atoms with Crippen LogP contribution in [0.1, 0.15) is 22.8 Å². The Labute approximate surface area is 128 Å². The van der Waals surface area contributed by atoms with E-state index in [4.69, 9.17) is 4.74 Å². The van der Waals surface area contributed by atoms with Gasteiger partial charge in [0.25, 0.3) is 5.69 Å². The van der Waals surface area contributed by atoms with Gasteiger partial charge in [0.2, 0.25) is 0 Å². The summed E-state index contributed by atoms with van der Waals surface area (Å²) in [6.45, 7) is 2.01. The second kappa shape index (κ2) is 7.17. The zero-order chi connectivity index (χ0) is 15.9. The third-order valence-electron chi connectivity index (χ3n) is 3.00. The quantitative estimate of drug-likeness (QED) is 0.350. The average Bonchev–Trinajstić information content (AvgIpc) is 2.53. The normalized spacial score (nSPS) is 10.6. The van der Waals surface area contributed by atoms with Crippen LogP contribution in [-0.4, -0.2) is 10.7 Å². The van der Waals surface area contributed by atoms with Crippen molar-refractivity contribution in [2.45, 2.75) is 13.5 Å². The van der Waals surface area contributed by atoms with E-state index in [-0.39, 0.29) is 11.3 Å². The van der Waals surface area contributed by atoms with Crippen molar-refractivity contribution in [1.29, 1.82) is 0 Å². The van der Waals surface area contributed by atoms with Crippen molar-refractivity contribution in [2.75, 3.05) is 0 Å². The molecule has 0 aliphatic heterocycles. The highest BCUT2D eigenvalue weighted by atomic mass is 16.6. The smallest absolute Gasteiger partial charge is 0.280 e. The molecule has 0 atom stereocenters. The van der Waals surface area contributed by atoms with Crippen molar-refractivity contribution in [3.05, 3.63) is 81.9 Å². The molecule has 5 heteroatoms. The molecule has 112 valence electrons. The summed E-state index contributed by atoms with van der Waals surface area (Å²) in [5.74, 6) is 0.00154. The van der Waals surface area contributed by atoms with E-state index in [2.05, 4.69) is 0 Å². The molecule has 0 fully saturated rings. The molecule has 0 saturated carbocycles. The fourth-order valence-corrected chi connectivity index (χ4v) is 1.94. The lowest BCUT2D eigenvalue weighted by atomic mass is 10.1. The highest BCUT2D eigenvalue weighted by Crippen LogP contribution is 2.25. The number of nitrogens with zero attached hydrogens (tertiary/aromatic N) is 1. The summed E-state index contributed by atoms with van der Waals surface area (Å²) < 4.78 is 5.60. The number of benzene rings is 2. The lowest BCUT2D eigenvalue weighted by Gasteiger charge is -2.07. The maximum atomic E-state index is 11.9. The van der Waals surface area contributed by atoms with E-state index in [0.29, 0.717) is 12.4 Å². The minimum absolute atomic E-state index is 0.0219. The molecule has 2 aromatic carbocycles. The standard InChI is InChI=1S/C17H15NO4/c1-2-6-17(19)15-11-14(9-10-16(15)18(20)21)22-12-13-7-4-3-5-8-13/h2-11H,12H2,1H3. The summed E-state index contributed by atoms with van der Waals surface area (Å²) in [6.07, 6.45) is 2.84. The molecule has 2 rings (SSSR count). The van der Waals surface area contributed by atoms with E-state index in [9.17, 15) is 14.9 Å². The van der Waals surface area contributed by atoms with Gasteiger partial charge in [0, 0.05) is 6.07 Å². The molecule has 0 bridgehead atoms. The molecule has 0 radical (unpaired) electrons. The molecular formula is C17H15NO4. The minimum Gasteiger partial charge on any atom is -0.489 e. The molecule has 0 unspecified atom stereocenters. The summed E-state index contributed by atoms with van der Waals surface area (Å²) in [6, 6.07) is 13.7. The number of ether oxygens (including phenoxy) is 1. The summed E-state index contributed by atoms with van der Waals surface area (Å²) in [4.78, 5) is 22.4. The van der Waals surface area contributed by atoms with Crippen LogP contribution in [-0.2, 0) is 6.61 Å². The summed E-state index contributed by atoms with van der Waals surface area (Å²) in [5, 5.41) is 11.0. The first-order chi connectivity index (χ1) is 10.6. The lowest BCUT2D eigenvalue weighted by molar-refractivity contribution is -0.385. The van der Waals surface area contributed by atoms with Gasteiger partial charge in [-0.2, -0.15) is 0 Å². The number of nitro benzene ring substituents is 1. The average molecular weight is 297 g/mol. The third kappa shape index (κ3) is 3.79. The van der Waals surface area contributed by atoms with E-state index in [0.717, 1.165) is 5.56 Å². The van der Waals surface area contributed by atoms with Crippen molar-refractivity contribution in [3.63, 3.8) is 0 Å². The predicted octanol–water partition coefficient (Wildman–Crippen LogP) is 3.93. The van der Waals surface area contributed by atoms with Gasteiger partial charge >= 0.3 is 0 Å². The maximum Gasteiger partial charge on any atom is 0.280 e. The van der Waals surface area contributed by atoms with Crippen LogP contribution in [0.25, 0.3) is 0 Å². The Kier molecular flexibility index (Phi) is 5.03. The molecule has 0 spiro atoms. The van der Waals surface area contributed by atoms with Gasteiger partial charge in [0.1, 0.15) is 17.9 Å². The SMILES string of the molecule is CC=CC(=O)c1cc(OCc2ccccc2)ccc1[N+](=O)[O-]. The predicted molar refractivity (Wildman–Crippen MR) is 83.0 cm³/mol. The first-order valence-corrected chi connectivity index (χ1v) is 6.74. The van der Waals surface area contributed by atoms with Gasteiger partial charge < -0.3 is 4.74 Å². The van der Waals surface area contributed by atoms with Crippen molar-refractivity contribution >= 4 is 11.5 Å². The van der Waals surface area contributed by atoms with Crippen LogP contribution in [0.4, 0.5) is 5.69 Å². The fourth-order valence-electron chi connectivity index (χ4n) is 1.94. The van der Waals surface area contributed by atoms with Gasteiger partial charge in [0.05, 0.1) is 4.92 Å². The number of nitro groups is 1. The Morgan fingerprint density at radius 3 is 2.59 bits per heavy atom. The number of ketones is 1. The van der Waals surface area contributed by atoms with Gasteiger partial charge in [-0.05, 0) is 30.7 Å². The molecule has 0 amide bonds. The van der Waals surface area contributed by atoms with E-state index in [1.54, 1.807) is 13.0 Å². The second-order valence-electron chi connectivity index (χ2n) is 4.57. The van der Waals surface area contributed by atoms with Crippen molar-refractivity contribution in [1.82, 2.24) is 0 Å². The van der Waals surface area contributed by atoms with Gasteiger partial charge in [-0.25, -0.2) is 0 Å². The first kappa shape index (κ1) is 15.4. The molecule has 0 aliphatic carbocycles. The van der Waals surface area contributed by atoms with E-state index < -0.39 is 10.7 Å². The van der Waals surface area contributed by atoms with Crippen LogP contribution in [0, 0.1) is 10.1 Å². The van der Waals surface area contributed by atoms with Gasteiger partial charge in [-0.15, -0.1) is 0 Å². The van der Waals surface area contributed by atoms with Crippen molar-refractivity contribution in [2.24, 2.45) is 0 Å². The van der Waals surface area contributed by atoms with E-state index >= 15 is 0 Å². The number of hydrogen-bond acceptors (Lipinski definition) is 4. The van der Waals surface area contributed by atoms with E-state index in [1.807, 2.05) is 30.3 Å². The maximum absolute atomic E-state index is 11.9. The number of hydrogen-bond donors (Lipinski definition) is 0. The van der Waals surface area contributed by atoms with Crippen LogP contribution in [0.2, 0.25) is 0 Å². The molecule has 22 heavy (non-hydrogen) atoms. The molecule has 2 aromatic rings. The molecule has 5 nitrogen and oxygen atoms in total. The molecule has 0 saturated heterocycles. The number of carbonyl (C=O) groups excluding carboxylic acids is 1. The number of rotatable bonds is 6.